The standard InChI is InChI=1S/C14H15ClO3/c15-11-6-7-13(18-12-3-1-2-4-12)10(9-11)5-8-14(16)17/h5-9,12H,1-4H2,(H,16,17). The van der Waals surface area contributed by atoms with Crippen molar-refractivity contribution in [1.82, 2.24) is 0 Å². The van der Waals surface area contributed by atoms with Crippen molar-refractivity contribution >= 4 is 23.6 Å². The molecule has 3 nitrogen and oxygen atoms in total. The van der Waals surface area contributed by atoms with E-state index in [1.165, 1.54) is 18.9 Å². The van der Waals surface area contributed by atoms with Crippen LogP contribution in [0.15, 0.2) is 24.3 Å². The topological polar surface area (TPSA) is 46.5 Å². The van der Waals surface area contributed by atoms with Crippen LogP contribution in [0.25, 0.3) is 6.08 Å². The van der Waals surface area contributed by atoms with Gasteiger partial charge in [0, 0.05) is 16.7 Å². The third-order valence-corrected chi connectivity index (χ3v) is 3.21. The van der Waals surface area contributed by atoms with Crippen LogP contribution in [0.2, 0.25) is 5.02 Å². The maximum Gasteiger partial charge on any atom is 0.328 e. The molecular formula is C14H15ClO3. The van der Waals surface area contributed by atoms with Gasteiger partial charge in [0.1, 0.15) is 5.75 Å². The highest BCUT2D eigenvalue weighted by molar-refractivity contribution is 6.30. The van der Waals surface area contributed by atoms with Crippen LogP contribution in [0.5, 0.6) is 5.75 Å². The molecule has 0 amide bonds. The first-order valence-corrected chi connectivity index (χ1v) is 6.40. The maximum absolute atomic E-state index is 10.6. The molecule has 0 heterocycles. The first-order valence-electron chi connectivity index (χ1n) is 6.02. The van der Waals surface area contributed by atoms with Crippen molar-refractivity contribution in [1.29, 1.82) is 0 Å². The Hall–Kier alpha value is -1.48. The first-order chi connectivity index (χ1) is 8.65. The van der Waals surface area contributed by atoms with Crippen molar-refractivity contribution in [2.45, 2.75) is 31.8 Å². The van der Waals surface area contributed by atoms with Gasteiger partial charge >= 0.3 is 5.97 Å². The summed E-state index contributed by atoms with van der Waals surface area (Å²) in [6.45, 7) is 0. The zero-order chi connectivity index (χ0) is 13.0. The quantitative estimate of drug-likeness (QED) is 0.844. The van der Waals surface area contributed by atoms with E-state index in [0.29, 0.717) is 16.3 Å². The molecule has 0 saturated heterocycles. The van der Waals surface area contributed by atoms with Crippen LogP contribution in [0, 0.1) is 0 Å². The highest BCUT2D eigenvalue weighted by Crippen LogP contribution is 2.29. The second-order valence-corrected chi connectivity index (χ2v) is 4.81. The zero-order valence-corrected chi connectivity index (χ0v) is 10.7. The smallest absolute Gasteiger partial charge is 0.328 e. The van der Waals surface area contributed by atoms with Gasteiger partial charge in [-0.05, 0) is 50.0 Å². The molecule has 1 saturated carbocycles. The van der Waals surface area contributed by atoms with Gasteiger partial charge < -0.3 is 9.84 Å². The fourth-order valence-corrected chi connectivity index (χ4v) is 2.28. The molecule has 0 bridgehead atoms. The van der Waals surface area contributed by atoms with Gasteiger partial charge in [0.05, 0.1) is 6.10 Å². The molecule has 4 heteroatoms. The summed E-state index contributed by atoms with van der Waals surface area (Å²) in [6.07, 6.45) is 7.35. The molecule has 96 valence electrons. The minimum Gasteiger partial charge on any atom is -0.490 e. The molecule has 0 aliphatic heterocycles. The number of carboxylic acids is 1. The number of hydrogen-bond acceptors (Lipinski definition) is 2. The van der Waals surface area contributed by atoms with Crippen LogP contribution in [0.1, 0.15) is 31.2 Å². The molecule has 1 aliphatic rings. The lowest BCUT2D eigenvalue weighted by atomic mass is 10.2. The fraction of sp³-hybridized carbons (Fsp3) is 0.357. The lowest BCUT2D eigenvalue weighted by Crippen LogP contribution is -2.11. The Bertz CT molecular complexity index is 462. The van der Waals surface area contributed by atoms with E-state index in [0.717, 1.165) is 18.9 Å². The van der Waals surface area contributed by atoms with Gasteiger partial charge in [0.25, 0.3) is 0 Å². The van der Waals surface area contributed by atoms with E-state index in [1.807, 2.05) is 0 Å². The molecule has 0 unspecified atom stereocenters. The number of ether oxygens (including phenoxy) is 1. The van der Waals surface area contributed by atoms with Crippen molar-refractivity contribution in [2.75, 3.05) is 0 Å². The van der Waals surface area contributed by atoms with Crippen molar-refractivity contribution in [3.05, 3.63) is 34.9 Å². The lowest BCUT2D eigenvalue weighted by molar-refractivity contribution is -0.131. The Morgan fingerprint density at radius 3 is 2.78 bits per heavy atom. The molecule has 0 aromatic heterocycles. The average Bonchev–Trinajstić information content (AvgIpc) is 2.82. The SMILES string of the molecule is O=C(O)C=Cc1cc(Cl)ccc1OC1CCCC1. The minimum atomic E-state index is -0.984. The van der Waals surface area contributed by atoms with Crippen LogP contribution in [-0.2, 0) is 4.79 Å². The fourth-order valence-electron chi connectivity index (χ4n) is 2.10. The largest absolute Gasteiger partial charge is 0.490 e. The number of benzene rings is 1. The summed E-state index contributed by atoms with van der Waals surface area (Å²) in [5, 5.41) is 9.23. The normalized spacial score (nSPS) is 16.3. The van der Waals surface area contributed by atoms with Gasteiger partial charge in [0.2, 0.25) is 0 Å². The summed E-state index contributed by atoms with van der Waals surface area (Å²) >= 11 is 5.91. The Labute approximate surface area is 111 Å². The highest BCUT2D eigenvalue weighted by atomic mass is 35.5. The van der Waals surface area contributed by atoms with E-state index in [-0.39, 0.29) is 6.10 Å². The molecule has 0 radical (unpaired) electrons. The Balaban J connectivity index is 2.19. The van der Waals surface area contributed by atoms with Gasteiger partial charge in [-0.25, -0.2) is 4.79 Å². The van der Waals surface area contributed by atoms with Crippen molar-refractivity contribution < 1.29 is 14.6 Å². The van der Waals surface area contributed by atoms with E-state index in [9.17, 15) is 4.79 Å². The van der Waals surface area contributed by atoms with Gasteiger partial charge in [0.15, 0.2) is 0 Å². The second kappa shape index (κ2) is 5.91. The number of carbonyl (C=O) groups is 1. The summed E-state index contributed by atoms with van der Waals surface area (Å²) in [6, 6.07) is 5.26. The molecule has 1 aromatic carbocycles. The zero-order valence-electron chi connectivity index (χ0n) is 9.93. The van der Waals surface area contributed by atoms with Crippen LogP contribution >= 0.6 is 11.6 Å². The summed E-state index contributed by atoms with van der Waals surface area (Å²) in [4.78, 5) is 10.6. The summed E-state index contributed by atoms with van der Waals surface area (Å²) in [7, 11) is 0. The van der Waals surface area contributed by atoms with Gasteiger partial charge in [-0.15, -0.1) is 0 Å². The first kappa shape index (κ1) is 13.0. The average molecular weight is 267 g/mol. The predicted molar refractivity (Wildman–Crippen MR) is 71.0 cm³/mol. The van der Waals surface area contributed by atoms with E-state index in [4.69, 9.17) is 21.4 Å². The number of hydrogen-bond donors (Lipinski definition) is 1. The van der Waals surface area contributed by atoms with Crippen molar-refractivity contribution in [2.24, 2.45) is 0 Å². The molecule has 1 fully saturated rings. The lowest BCUT2D eigenvalue weighted by Gasteiger charge is -2.15. The van der Waals surface area contributed by atoms with Gasteiger partial charge in [-0.2, -0.15) is 0 Å². The molecule has 18 heavy (non-hydrogen) atoms. The monoisotopic (exact) mass is 266 g/mol. The Morgan fingerprint density at radius 2 is 2.11 bits per heavy atom. The van der Waals surface area contributed by atoms with Crippen LogP contribution < -0.4 is 4.74 Å². The van der Waals surface area contributed by atoms with Gasteiger partial charge in [-0.1, -0.05) is 11.6 Å². The van der Waals surface area contributed by atoms with Crippen LogP contribution in [0.4, 0.5) is 0 Å². The third kappa shape index (κ3) is 3.50. The number of aliphatic carboxylic acids is 1. The highest BCUT2D eigenvalue weighted by Gasteiger charge is 2.17. The molecule has 1 N–H and O–H groups in total. The molecule has 1 aromatic rings. The molecular weight excluding hydrogens is 252 g/mol. The minimum absolute atomic E-state index is 0.239. The van der Waals surface area contributed by atoms with Crippen LogP contribution in [-0.4, -0.2) is 17.2 Å². The maximum atomic E-state index is 10.6. The van der Waals surface area contributed by atoms with E-state index in [2.05, 4.69) is 0 Å². The third-order valence-electron chi connectivity index (χ3n) is 2.97. The van der Waals surface area contributed by atoms with Crippen molar-refractivity contribution in [3.8, 4) is 5.75 Å². The number of carboxylic acid groups (broad SMARTS) is 1. The summed E-state index contributed by atoms with van der Waals surface area (Å²) in [5.41, 5.74) is 0.705. The summed E-state index contributed by atoms with van der Waals surface area (Å²) < 4.78 is 5.89. The van der Waals surface area contributed by atoms with Gasteiger partial charge in [-0.3, -0.25) is 0 Å². The Morgan fingerprint density at radius 1 is 1.39 bits per heavy atom. The predicted octanol–water partition coefficient (Wildman–Crippen LogP) is 3.76. The van der Waals surface area contributed by atoms with Crippen molar-refractivity contribution in [3.63, 3.8) is 0 Å². The van der Waals surface area contributed by atoms with E-state index < -0.39 is 5.97 Å². The molecule has 0 atom stereocenters. The second-order valence-electron chi connectivity index (χ2n) is 4.38. The molecule has 1 aliphatic carbocycles. The van der Waals surface area contributed by atoms with E-state index in [1.54, 1.807) is 18.2 Å². The molecule has 0 spiro atoms. The Kier molecular flexibility index (Phi) is 4.26. The van der Waals surface area contributed by atoms with E-state index >= 15 is 0 Å². The summed E-state index contributed by atoms with van der Waals surface area (Å²) in [5.74, 6) is -0.286. The number of halogens is 1. The van der Waals surface area contributed by atoms with Crippen LogP contribution in [0.3, 0.4) is 0 Å². The number of rotatable bonds is 4. The molecule has 2 rings (SSSR count).